The van der Waals surface area contributed by atoms with Gasteiger partial charge in [-0.3, -0.25) is 0 Å². The predicted octanol–water partition coefficient (Wildman–Crippen LogP) is 0.726. The van der Waals surface area contributed by atoms with Crippen LogP contribution in [0.25, 0.3) is 0 Å². The fourth-order valence-corrected chi connectivity index (χ4v) is 3.33. The topological polar surface area (TPSA) is 76.3 Å². The van der Waals surface area contributed by atoms with Gasteiger partial charge in [0.1, 0.15) is 5.82 Å². The molecule has 18 heavy (non-hydrogen) atoms. The van der Waals surface area contributed by atoms with E-state index in [1.807, 2.05) is 24.0 Å². The molecule has 0 saturated carbocycles. The molecule has 0 aromatic carbocycles. The molecule has 1 aliphatic heterocycles. The Morgan fingerprint density at radius 3 is 2.89 bits per heavy atom. The molecule has 1 aliphatic rings. The summed E-state index contributed by atoms with van der Waals surface area (Å²) >= 11 is 0. The van der Waals surface area contributed by atoms with E-state index in [0.717, 1.165) is 17.9 Å². The van der Waals surface area contributed by atoms with Crippen molar-refractivity contribution in [1.82, 2.24) is 4.98 Å². The van der Waals surface area contributed by atoms with Crippen molar-refractivity contribution in [2.45, 2.75) is 19.4 Å². The van der Waals surface area contributed by atoms with E-state index in [9.17, 15) is 8.42 Å². The van der Waals surface area contributed by atoms with E-state index >= 15 is 0 Å². The molecular weight excluding hydrogens is 250 g/mol. The van der Waals surface area contributed by atoms with Crippen molar-refractivity contribution in [1.29, 1.82) is 0 Å². The van der Waals surface area contributed by atoms with Gasteiger partial charge in [0.2, 0.25) is 0 Å². The molecule has 0 radical (unpaired) electrons. The number of nitrogens with two attached hydrogens (primary N) is 1. The number of sulfone groups is 1. The second-order valence-corrected chi connectivity index (χ2v) is 7.03. The molecule has 0 spiro atoms. The van der Waals surface area contributed by atoms with Crippen LogP contribution in [0.2, 0.25) is 0 Å². The maximum atomic E-state index is 11.6. The molecule has 2 N–H and O–H groups in total. The fourth-order valence-electron chi connectivity index (χ4n) is 2.06. The Bertz CT molecular complexity index is 514. The van der Waals surface area contributed by atoms with Crippen LogP contribution in [0.15, 0.2) is 18.3 Å². The van der Waals surface area contributed by atoms with Gasteiger partial charge in [0.05, 0.1) is 11.5 Å². The summed E-state index contributed by atoms with van der Waals surface area (Å²) in [6, 6.07) is 3.80. The quantitative estimate of drug-likeness (QED) is 0.856. The third-order valence-electron chi connectivity index (χ3n) is 3.17. The number of anilines is 1. The second-order valence-electron chi connectivity index (χ2n) is 4.73. The highest BCUT2D eigenvalue weighted by atomic mass is 32.2. The molecule has 0 bridgehead atoms. The van der Waals surface area contributed by atoms with Crippen LogP contribution in [0, 0.1) is 0 Å². The monoisotopic (exact) mass is 269 g/mol. The van der Waals surface area contributed by atoms with Gasteiger partial charge < -0.3 is 10.6 Å². The number of nitrogens with zero attached hydrogens (tertiary/aromatic N) is 2. The van der Waals surface area contributed by atoms with E-state index < -0.39 is 9.84 Å². The third kappa shape index (κ3) is 3.20. The summed E-state index contributed by atoms with van der Waals surface area (Å²) < 4.78 is 23.1. The average Bonchev–Trinajstić information content (AvgIpc) is 2.50. The van der Waals surface area contributed by atoms with Gasteiger partial charge in [0.25, 0.3) is 0 Å². The van der Waals surface area contributed by atoms with E-state index in [1.54, 1.807) is 6.20 Å². The van der Waals surface area contributed by atoms with Crippen LogP contribution >= 0.6 is 0 Å². The van der Waals surface area contributed by atoms with Crippen LogP contribution in [-0.2, 0) is 9.84 Å². The summed E-state index contributed by atoms with van der Waals surface area (Å²) in [5.74, 6) is 1.30. The number of aromatic nitrogens is 1. The molecule has 1 fully saturated rings. The molecule has 1 saturated heterocycles. The smallest absolute Gasteiger partial charge is 0.152 e. The van der Waals surface area contributed by atoms with Crippen molar-refractivity contribution in [2.24, 2.45) is 5.73 Å². The Kier molecular flexibility index (Phi) is 3.87. The molecule has 2 heterocycles. The summed E-state index contributed by atoms with van der Waals surface area (Å²) in [4.78, 5) is 6.33. The van der Waals surface area contributed by atoms with Crippen molar-refractivity contribution in [3.05, 3.63) is 23.9 Å². The zero-order valence-corrected chi connectivity index (χ0v) is 11.4. The lowest BCUT2D eigenvalue weighted by atomic mass is 10.1. The van der Waals surface area contributed by atoms with E-state index in [2.05, 4.69) is 4.98 Å². The lowest BCUT2D eigenvalue weighted by Gasteiger charge is -2.21. The van der Waals surface area contributed by atoms with Crippen molar-refractivity contribution >= 4 is 15.7 Å². The molecule has 100 valence electrons. The van der Waals surface area contributed by atoms with Crippen LogP contribution in [0.1, 0.15) is 24.9 Å². The Morgan fingerprint density at radius 2 is 2.17 bits per heavy atom. The average molecular weight is 269 g/mol. The Labute approximate surface area is 108 Å². The normalized spacial score (nSPS) is 21.3. The molecule has 0 amide bonds. The lowest BCUT2D eigenvalue weighted by Crippen LogP contribution is -2.27. The van der Waals surface area contributed by atoms with Gasteiger partial charge in [-0.15, -0.1) is 0 Å². The van der Waals surface area contributed by atoms with Crippen molar-refractivity contribution < 1.29 is 8.42 Å². The van der Waals surface area contributed by atoms with Crippen LogP contribution < -0.4 is 10.6 Å². The van der Waals surface area contributed by atoms with Gasteiger partial charge in [0.15, 0.2) is 9.84 Å². The van der Waals surface area contributed by atoms with Crippen LogP contribution in [-0.4, -0.2) is 38.0 Å². The fraction of sp³-hybridized carbons (Fsp3) is 0.583. The van der Waals surface area contributed by atoms with Gasteiger partial charge in [-0.25, -0.2) is 13.4 Å². The molecule has 1 aromatic heterocycles. The minimum absolute atomic E-state index is 0.0394. The van der Waals surface area contributed by atoms with Gasteiger partial charge in [-0.05, 0) is 31.0 Å². The van der Waals surface area contributed by atoms with Crippen molar-refractivity contribution in [3.8, 4) is 0 Å². The first kappa shape index (κ1) is 13.3. The second kappa shape index (κ2) is 5.24. The number of rotatable bonds is 2. The number of hydrogen-bond acceptors (Lipinski definition) is 5. The first-order chi connectivity index (χ1) is 8.48. The summed E-state index contributed by atoms with van der Waals surface area (Å²) in [5.41, 5.74) is 6.86. The maximum Gasteiger partial charge on any atom is 0.152 e. The van der Waals surface area contributed by atoms with Gasteiger partial charge >= 0.3 is 0 Å². The molecule has 5 nitrogen and oxygen atoms in total. The SMILES string of the molecule is C[C@H](N)c1ccnc(N2CCCS(=O)(=O)CC2)c1. The highest BCUT2D eigenvalue weighted by Crippen LogP contribution is 2.18. The molecule has 1 aromatic rings. The zero-order valence-electron chi connectivity index (χ0n) is 10.5. The van der Waals surface area contributed by atoms with Gasteiger partial charge in [0, 0.05) is 25.3 Å². The first-order valence-electron chi connectivity index (χ1n) is 6.15. The zero-order chi connectivity index (χ0) is 13.2. The molecule has 0 aliphatic carbocycles. The summed E-state index contributed by atoms with van der Waals surface area (Å²) in [5, 5.41) is 0. The highest BCUT2D eigenvalue weighted by molar-refractivity contribution is 7.91. The Morgan fingerprint density at radius 1 is 1.39 bits per heavy atom. The highest BCUT2D eigenvalue weighted by Gasteiger charge is 2.20. The van der Waals surface area contributed by atoms with Crippen molar-refractivity contribution in [3.63, 3.8) is 0 Å². The molecule has 2 rings (SSSR count). The van der Waals surface area contributed by atoms with E-state index in [1.165, 1.54) is 0 Å². The van der Waals surface area contributed by atoms with Gasteiger partial charge in [-0.2, -0.15) is 0 Å². The molecule has 1 atom stereocenters. The molecule has 6 heteroatoms. The number of pyridine rings is 1. The Balaban J connectivity index is 2.18. The van der Waals surface area contributed by atoms with Crippen molar-refractivity contribution in [2.75, 3.05) is 29.5 Å². The van der Waals surface area contributed by atoms with Crippen LogP contribution in [0.4, 0.5) is 5.82 Å². The van der Waals surface area contributed by atoms with Crippen LogP contribution in [0.5, 0.6) is 0 Å². The minimum atomic E-state index is -2.88. The van der Waals surface area contributed by atoms with Crippen LogP contribution in [0.3, 0.4) is 0 Å². The molecular formula is C12H19N3O2S. The van der Waals surface area contributed by atoms with Gasteiger partial charge in [-0.1, -0.05) is 0 Å². The first-order valence-corrected chi connectivity index (χ1v) is 7.97. The maximum absolute atomic E-state index is 11.6. The van der Waals surface area contributed by atoms with E-state index in [4.69, 9.17) is 5.73 Å². The minimum Gasteiger partial charge on any atom is -0.356 e. The molecule has 0 unspecified atom stereocenters. The summed E-state index contributed by atoms with van der Waals surface area (Å²) in [7, 11) is -2.88. The number of hydrogen-bond donors (Lipinski definition) is 1. The van der Waals surface area contributed by atoms with E-state index in [0.29, 0.717) is 13.0 Å². The summed E-state index contributed by atoms with van der Waals surface area (Å²) in [6.07, 6.45) is 2.39. The lowest BCUT2D eigenvalue weighted by molar-refractivity contribution is 0.597. The predicted molar refractivity (Wildman–Crippen MR) is 72.3 cm³/mol. The third-order valence-corrected chi connectivity index (χ3v) is 4.89. The van der Waals surface area contributed by atoms with E-state index in [-0.39, 0.29) is 17.5 Å². The largest absolute Gasteiger partial charge is 0.356 e. The Hall–Kier alpha value is -1.14. The standard InChI is InChI=1S/C12H19N3O2S/c1-10(13)11-3-4-14-12(9-11)15-5-2-7-18(16,17)8-6-15/h3-4,9-10H,2,5-8,13H2,1H3/t10-/m0/s1. The summed E-state index contributed by atoms with van der Waals surface area (Å²) in [6.45, 7) is 3.17.